The van der Waals surface area contributed by atoms with Crippen LogP contribution in [0.2, 0.25) is 0 Å². The Balaban J connectivity index is 2.26. The van der Waals surface area contributed by atoms with E-state index in [9.17, 15) is 22.8 Å². The molecule has 1 aliphatic rings. The molecule has 1 aromatic carbocycles. The van der Waals surface area contributed by atoms with E-state index in [0.29, 0.717) is 24.0 Å². The van der Waals surface area contributed by atoms with E-state index in [-0.39, 0.29) is 12.3 Å². The van der Waals surface area contributed by atoms with E-state index in [1.165, 1.54) is 6.92 Å². The van der Waals surface area contributed by atoms with Gasteiger partial charge < -0.3 is 4.90 Å². The average Bonchev–Trinajstić information content (AvgIpc) is 2.45. The van der Waals surface area contributed by atoms with E-state index in [0.717, 1.165) is 11.3 Å². The molecule has 2 rings (SSSR count). The topological polar surface area (TPSA) is 37.4 Å². The molecule has 0 radical (unpaired) electrons. The third-order valence-electron chi connectivity index (χ3n) is 3.71. The van der Waals surface area contributed by atoms with Crippen molar-refractivity contribution in [2.75, 3.05) is 6.54 Å². The van der Waals surface area contributed by atoms with Gasteiger partial charge in [0.25, 0.3) is 0 Å². The van der Waals surface area contributed by atoms with Gasteiger partial charge in [-0.05, 0) is 31.7 Å². The van der Waals surface area contributed by atoms with Gasteiger partial charge in [0, 0.05) is 12.1 Å². The first-order valence-corrected chi connectivity index (χ1v) is 6.79. The smallest absolute Gasteiger partial charge is 0.328 e. The van der Waals surface area contributed by atoms with Crippen molar-refractivity contribution in [1.82, 2.24) is 4.90 Å². The summed E-state index contributed by atoms with van der Waals surface area (Å²) in [6.45, 7) is 1.53. The Morgan fingerprint density at radius 3 is 2.29 bits per heavy atom. The van der Waals surface area contributed by atoms with Crippen LogP contribution in [0.3, 0.4) is 0 Å². The van der Waals surface area contributed by atoms with Gasteiger partial charge in [-0.1, -0.05) is 24.3 Å². The molecule has 1 amide bonds. The fraction of sp³-hybridized carbons (Fsp3) is 0.467. The second-order valence-corrected chi connectivity index (χ2v) is 5.19. The van der Waals surface area contributed by atoms with E-state index in [4.69, 9.17) is 0 Å². The molecule has 114 valence electrons. The minimum atomic E-state index is -4.85. The van der Waals surface area contributed by atoms with Crippen molar-refractivity contribution < 1.29 is 22.8 Å². The van der Waals surface area contributed by atoms with Gasteiger partial charge in [-0.2, -0.15) is 13.2 Å². The number of carbonyl (C=O) groups excluding carboxylic acids is 2. The molecule has 0 spiro atoms. The lowest BCUT2D eigenvalue weighted by atomic mass is 9.94. The summed E-state index contributed by atoms with van der Waals surface area (Å²) in [6.07, 6.45) is -3.00. The lowest BCUT2D eigenvalue weighted by Gasteiger charge is -2.36. The summed E-state index contributed by atoms with van der Waals surface area (Å²) in [4.78, 5) is 23.6. The zero-order chi connectivity index (χ0) is 15.6. The first kappa shape index (κ1) is 15.5. The van der Waals surface area contributed by atoms with E-state index in [1.54, 1.807) is 24.3 Å². The molecule has 1 unspecified atom stereocenters. The van der Waals surface area contributed by atoms with Crippen molar-refractivity contribution in [2.45, 2.75) is 38.4 Å². The van der Waals surface area contributed by atoms with Gasteiger partial charge in [-0.3, -0.25) is 9.59 Å². The molecule has 0 saturated carbocycles. The molecular formula is C15H16F3NO2. The lowest BCUT2D eigenvalue weighted by molar-refractivity contribution is -0.189. The number of carbonyl (C=O) groups is 2. The monoisotopic (exact) mass is 299 g/mol. The van der Waals surface area contributed by atoms with Crippen LogP contribution in [0, 0.1) is 0 Å². The Kier molecular flexibility index (Phi) is 4.34. The number of amides is 1. The Hall–Kier alpha value is -1.85. The van der Waals surface area contributed by atoms with Crippen LogP contribution in [-0.4, -0.2) is 29.3 Å². The summed E-state index contributed by atoms with van der Waals surface area (Å²) in [5.41, 5.74) is 1.14. The first-order chi connectivity index (χ1) is 9.80. The number of halogens is 3. The van der Waals surface area contributed by atoms with Gasteiger partial charge in [0.15, 0.2) is 5.78 Å². The molecule has 0 bridgehead atoms. The highest BCUT2D eigenvalue weighted by atomic mass is 19.4. The Labute approximate surface area is 120 Å². The summed E-state index contributed by atoms with van der Waals surface area (Å²) >= 11 is 0. The largest absolute Gasteiger partial charge is 0.471 e. The summed E-state index contributed by atoms with van der Waals surface area (Å²) in [5, 5.41) is 0. The van der Waals surface area contributed by atoms with Gasteiger partial charge in [0.05, 0.1) is 6.04 Å². The molecule has 3 nitrogen and oxygen atoms in total. The molecule has 1 aromatic rings. The van der Waals surface area contributed by atoms with Crippen molar-refractivity contribution >= 4 is 11.7 Å². The van der Waals surface area contributed by atoms with Crippen molar-refractivity contribution in [3.8, 4) is 0 Å². The first-order valence-electron chi connectivity index (χ1n) is 6.79. The highest BCUT2D eigenvalue weighted by Crippen LogP contribution is 2.34. The molecule has 1 atom stereocenters. The van der Waals surface area contributed by atoms with Crippen LogP contribution < -0.4 is 0 Å². The predicted octanol–water partition coefficient (Wildman–Crippen LogP) is 3.51. The molecular weight excluding hydrogens is 283 g/mol. The zero-order valence-electron chi connectivity index (χ0n) is 11.6. The molecule has 0 aromatic heterocycles. The summed E-state index contributed by atoms with van der Waals surface area (Å²) in [6, 6.07) is 5.85. The van der Waals surface area contributed by atoms with Crippen LogP contribution in [0.15, 0.2) is 24.3 Å². The summed E-state index contributed by atoms with van der Waals surface area (Å²) in [5.74, 6) is -1.89. The van der Waals surface area contributed by atoms with E-state index in [1.807, 2.05) is 0 Å². The molecule has 1 fully saturated rings. The lowest BCUT2D eigenvalue weighted by Crippen LogP contribution is -2.45. The fourth-order valence-electron chi connectivity index (χ4n) is 2.62. The zero-order valence-corrected chi connectivity index (χ0v) is 11.6. The Morgan fingerprint density at radius 2 is 1.76 bits per heavy atom. The SMILES string of the molecule is CC(=O)c1ccc(C2CCCCN2C(=O)C(F)(F)F)cc1. The van der Waals surface area contributed by atoms with Crippen LogP contribution in [0.4, 0.5) is 13.2 Å². The van der Waals surface area contributed by atoms with Crippen LogP contribution in [0.25, 0.3) is 0 Å². The molecule has 1 heterocycles. The number of benzene rings is 1. The van der Waals surface area contributed by atoms with Gasteiger partial charge in [0.1, 0.15) is 0 Å². The van der Waals surface area contributed by atoms with Gasteiger partial charge in [-0.15, -0.1) is 0 Å². The fourth-order valence-corrected chi connectivity index (χ4v) is 2.62. The highest BCUT2D eigenvalue weighted by molar-refractivity contribution is 5.94. The van der Waals surface area contributed by atoms with Crippen molar-refractivity contribution in [1.29, 1.82) is 0 Å². The number of alkyl halides is 3. The average molecular weight is 299 g/mol. The maximum atomic E-state index is 12.7. The second kappa shape index (κ2) is 5.87. The van der Waals surface area contributed by atoms with Crippen LogP contribution in [0.5, 0.6) is 0 Å². The summed E-state index contributed by atoms with van der Waals surface area (Å²) < 4.78 is 38.0. The molecule has 1 aliphatic heterocycles. The number of hydrogen-bond donors (Lipinski definition) is 0. The van der Waals surface area contributed by atoms with Crippen molar-refractivity contribution in [2.24, 2.45) is 0 Å². The normalized spacial score (nSPS) is 19.4. The molecule has 6 heteroatoms. The number of Topliss-reactive ketones (excluding diaryl/α,β-unsaturated/α-hetero) is 1. The number of rotatable bonds is 2. The highest BCUT2D eigenvalue weighted by Gasteiger charge is 2.45. The number of hydrogen-bond acceptors (Lipinski definition) is 2. The molecule has 1 saturated heterocycles. The second-order valence-electron chi connectivity index (χ2n) is 5.19. The maximum absolute atomic E-state index is 12.7. The van der Waals surface area contributed by atoms with Crippen LogP contribution in [0.1, 0.15) is 48.1 Å². The van der Waals surface area contributed by atoms with Crippen LogP contribution >= 0.6 is 0 Å². The Morgan fingerprint density at radius 1 is 1.14 bits per heavy atom. The van der Waals surface area contributed by atoms with Crippen LogP contribution in [-0.2, 0) is 4.79 Å². The van der Waals surface area contributed by atoms with Gasteiger partial charge >= 0.3 is 12.1 Å². The predicted molar refractivity (Wildman–Crippen MR) is 70.8 cm³/mol. The molecule has 0 N–H and O–H groups in total. The quantitative estimate of drug-likeness (QED) is 0.784. The molecule has 0 aliphatic carbocycles. The van der Waals surface area contributed by atoms with Crippen molar-refractivity contribution in [3.05, 3.63) is 35.4 Å². The summed E-state index contributed by atoms with van der Waals surface area (Å²) in [7, 11) is 0. The standard InChI is InChI=1S/C15H16F3NO2/c1-10(20)11-5-7-12(8-6-11)13-4-2-3-9-19(13)14(21)15(16,17)18/h5-8,13H,2-4,9H2,1H3. The number of ketones is 1. The minimum Gasteiger partial charge on any atom is -0.328 e. The molecule has 21 heavy (non-hydrogen) atoms. The van der Waals surface area contributed by atoms with E-state index in [2.05, 4.69) is 0 Å². The van der Waals surface area contributed by atoms with E-state index < -0.39 is 18.1 Å². The van der Waals surface area contributed by atoms with Crippen molar-refractivity contribution in [3.63, 3.8) is 0 Å². The van der Waals surface area contributed by atoms with Gasteiger partial charge in [-0.25, -0.2) is 0 Å². The number of nitrogens with zero attached hydrogens (tertiary/aromatic N) is 1. The minimum absolute atomic E-state index is 0.103. The Bertz CT molecular complexity index is 537. The van der Waals surface area contributed by atoms with Gasteiger partial charge in [0.2, 0.25) is 0 Å². The third kappa shape index (κ3) is 3.43. The number of piperidine rings is 1. The third-order valence-corrected chi connectivity index (χ3v) is 3.71. The van der Waals surface area contributed by atoms with E-state index >= 15 is 0 Å². The maximum Gasteiger partial charge on any atom is 0.471 e. The number of likely N-dealkylation sites (tertiary alicyclic amines) is 1.